The summed E-state index contributed by atoms with van der Waals surface area (Å²) in [4.78, 5) is 21.6. The van der Waals surface area contributed by atoms with Gasteiger partial charge >= 0.3 is 5.97 Å². The van der Waals surface area contributed by atoms with Crippen LogP contribution in [0.5, 0.6) is 0 Å². The molecular weight excluding hydrogens is 254 g/mol. The van der Waals surface area contributed by atoms with Crippen molar-refractivity contribution in [3.63, 3.8) is 0 Å². The first-order valence-corrected chi connectivity index (χ1v) is 7.75. The van der Waals surface area contributed by atoms with Crippen LogP contribution in [0, 0.1) is 5.92 Å². The fourth-order valence-corrected chi connectivity index (χ4v) is 2.11. The maximum atomic E-state index is 11.0. The molecule has 0 aromatic rings. The van der Waals surface area contributed by atoms with Crippen LogP contribution in [0.15, 0.2) is 12.2 Å². The third-order valence-electron chi connectivity index (χ3n) is 3.35. The first-order chi connectivity index (χ1) is 9.57. The van der Waals surface area contributed by atoms with Crippen molar-refractivity contribution in [3.05, 3.63) is 12.2 Å². The number of primary amides is 1. The molecule has 1 atom stereocenters. The highest BCUT2D eigenvalue weighted by molar-refractivity contribution is 5.83. The molecule has 0 aromatic carbocycles. The number of carboxylic acids is 1. The minimum Gasteiger partial charge on any atom is -0.481 e. The summed E-state index contributed by atoms with van der Waals surface area (Å²) in [5.41, 5.74) is 5.15. The van der Waals surface area contributed by atoms with Gasteiger partial charge in [0.15, 0.2) is 0 Å². The Hall–Kier alpha value is -1.32. The first-order valence-electron chi connectivity index (χ1n) is 7.75. The smallest absolute Gasteiger partial charge is 0.304 e. The first kappa shape index (κ1) is 18.7. The fraction of sp³-hybridized carbons (Fsp3) is 0.750. The third-order valence-corrected chi connectivity index (χ3v) is 3.35. The van der Waals surface area contributed by atoms with Crippen LogP contribution in [-0.4, -0.2) is 17.0 Å². The molecule has 3 N–H and O–H groups in total. The van der Waals surface area contributed by atoms with Gasteiger partial charge in [0.1, 0.15) is 0 Å². The number of hydrogen-bond acceptors (Lipinski definition) is 2. The number of allylic oxidation sites excluding steroid dienone is 1. The molecule has 0 saturated carbocycles. The molecule has 0 radical (unpaired) electrons. The van der Waals surface area contributed by atoms with Crippen LogP contribution in [0.2, 0.25) is 0 Å². The summed E-state index contributed by atoms with van der Waals surface area (Å²) < 4.78 is 0. The Labute approximate surface area is 122 Å². The predicted octanol–water partition coefficient (Wildman–Crippen LogP) is 3.65. The molecule has 0 heterocycles. The van der Waals surface area contributed by atoms with Crippen LogP contribution < -0.4 is 5.73 Å². The van der Waals surface area contributed by atoms with Gasteiger partial charge in [-0.1, -0.05) is 64.0 Å². The zero-order chi connectivity index (χ0) is 15.2. The minimum atomic E-state index is -0.995. The van der Waals surface area contributed by atoms with E-state index in [1.807, 2.05) is 6.08 Å². The Bertz CT molecular complexity index is 300. The van der Waals surface area contributed by atoms with E-state index in [0.717, 1.165) is 12.8 Å². The number of amides is 1. The van der Waals surface area contributed by atoms with Gasteiger partial charge in [0.25, 0.3) is 0 Å². The van der Waals surface area contributed by atoms with Crippen LogP contribution in [0.4, 0.5) is 0 Å². The molecule has 1 amide bonds. The van der Waals surface area contributed by atoms with E-state index in [0.29, 0.717) is 0 Å². The molecule has 0 aromatic heterocycles. The van der Waals surface area contributed by atoms with Gasteiger partial charge in [-0.15, -0.1) is 0 Å². The molecule has 1 unspecified atom stereocenters. The summed E-state index contributed by atoms with van der Waals surface area (Å²) in [5.74, 6) is -2.24. The number of carboxylic acid groups (broad SMARTS) is 1. The summed E-state index contributed by atoms with van der Waals surface area (Å²) in [7, 11) is 0. The van der Waals surface area contributed by atoms with E-state index in [-0.39, 0.29) is 6.42 Å². The highest BCUT2D eigenvalue weighted by atomic mass is 16.4. The lowest BCUT2D eigenvalue weighted by atomic mass is 10.0. The van der Waals surface area contributed by atoms with E-state index in [1.165, 1.54) is 44.9 Å². The van der Waals surface area contributed by atoms with Crippen LogP contribution in [0.3, 0.4) is 0 Å². The van der Waals surface area contributed by atoms with E-state index in [2.05, 4.69) is 6.92 Å². The summed E-state index contributed by atoms with van der Waals surface area (Å²) in [6.45, 7) is 2.22. The molecule has 0 rings (SSSR count). The molecular formula is C16H29NO3. The number of carbonyl (C=O) groups excluding carboxylic acids is 1. The molecule has 0 aliphatic rings. The van der Waals surface area contributed by atoms with Gasteiger partial charge in [-0.3, -0.25) is 9.59 Å². The molecule has 0 bridgehead atoms. The maximum absolute atomic E-state index is 11.0. The van der Waals surface area contributed by atoms with Gasteiger partial charge in [0.05, 0.1) is 12.3 Å². The van der Waals surface area contributed by atoms with Gasteiger partial charge < -0.3 is 10.8 Å². The monoisotopic (exact) mass is 283 g/mol. The lowest BCUT2D eigenvalue weighted by Crippen LogP contribution is -2.23. The lowest BCUT2D eigenvalue weighted by molar-refractivity contribution is -0.139. The summed E-state index contributed by atoms with van der Waals surface area (Å²) >= 11 is 0. The summed E-state index contributed by atoms with van der Waals surface area (Å²) in [6.07, 6.45) is 14.3. The summed E-state index contributed by atoms with van der Waals surface area (Å²) in [5, 5.41) is 8.65. The van der Waals surface area contributed by atoms with E-state index in [9.17, 15) is 9.59 Å². The fourth-order valence-electron chi connectivity index (χ4n) is 2.11. The van der Waals surface area contributed by atoms with E-state index >= 15 is 0 Å². The van der Waals surface area contributed by atoms with E-state index in [4.69, 9.17) is 10.8 Å². The zero-order valence-corrected chi connectivity index (χ0v) is 12.6. The van der Waals surface area contributed by atoms with E-state index < -0.39 is 17.8 Å². The maximum Gasteiger partial charge on any atom is 0.304 e. The number of unbranched alkanes of at least 4 members (excludes halogenated alkanes) is 8. The van der Waals surface area contributed by atoms with Crippen molar-refractivity contribution in [2.45, 2.75) is 71.1 Å². The Morgan fingerprint density at radius 2 is 1.60 bits per heavy atom. The van der Waals surface area contributed by atoms with Gasteiger partial charge in [-0.05, 0) is 12.8 Å². The second-order valence-electron chi connectivity index (χ2n) is 5.30. The Kier molecular flexibility index (Phi) is 11.9. The Morgan fingerprint density at radius 3 is 2.10 bits per heavy atom. The number of carbonyl (C=O) groups is 2. The molecule has 0 fully saturated rings. The topological polar surface area (TPSA) is 80.4 Å². The normalized spacial score (nSPS) is 12.7. The molecule has 116 valence electrons. The van der Waals surface area contributed by atoms with Crippen LogP contribution >= 0.6 is 0 Å². The second kappa shape index (κ2) is 12.7. The number of rotatable bonds is 13. The molecule has 4 heteroatoms. The predicted molar refractivity (Wildman–Crippen MR) is 81.3 cm³/mol. The molecule has 0 spiro atoms. The van der Waals surface area contributed by atoms with E-state index in [1.54, 1.807) is 6.08 Å². The number of aliphatic carboxylic acids is 1. The zero-order valence-electron chi connectivity index (χ0n) is 12.6. The number of nitrogens with two attached hydrogens (primary N) is 1. The van der Waals surface area contributed by atoms with Crippen molar-refractivity contribution in [1.29, 1.82) is 0 Å². The van der Waals surface area contributed by atoms with Crippen molar-refractivity contribution < 1.29 is 14.7 Å². The van der Waals surface area contributed by atoms with Crippen molar-refractivity contribution in [3.8, 4) is 0 Å². The van der Waals surface area contributed by atoms with Gasteiger partial charge in [-0.2, -0.15) is 0 Å². The average Bonchev–Trinajstić information content (AvgIpc) is 2.39. The highest BCUT2D eigenvalue weighted by Crippen LogP contribution is 2.11. The Balaban J connectivity index is 3.58. The van der Waals surface area contributed by atoms with Crippen LogP contribution in [0.1, 0.15) is 71.1 Å². The second-order valence-corrected chi connectivity index (χ2v) is 5.30. The van der Waals surface area contributed by atoms with Crippen molar-refractivity contribution in [2.24, 2.45) is 11.7 Å². The van der Waals surface area contributed by atoms with Crippen LogP contribution in [-0.2, 0) is 9.59 Å². The van der Waals surface area contributed by atoms with Crippen molar-refractivity contribution in [1.82, 2.24) is 0 Å². The molecule has 20 heavy (non-hydrogen) atoms. The quantitative estimate of drug-likeness (QED) is 0.400. The molecule has 0 aliphatic carbocycles. The van der Waals surface area contributed by atoms with Crippen molar-refractivity contribution >= 4 is 11.9 Å². The molecule has 0 saturated heterocycles. The highest BCUT2D eigenvalue weighted by Gasteiger charge is 2.15. The summed E-state index contributed by atoms with van der Waals surface area (Å²) in [6, 6.07) is 0. The minimum absolute atomic E-state index is 0.219. The van der Waals surface area contributed by atoms with Gasteiger partial charge in [0, 0.05) is 0 Å². The Morgan fingerprint density at radius 1 is 1.05 bits per heavy atom. The van der Waals surface area contributed by atoms with Crippen molar-refractivity contribution in [2.75, 3.05) is 0 Å². The SMILES string of the molecule is CCCCCCCCCCC=CC(CC(=O)O)C(N)=O. The number of hydrogen-bond donors (Lipinski definition) is 2. The van der Waals surface area contributed by atoms with Gasteiger partial charge in [-0.25, -0.2) is 0 Å². The lowest BCUT2D eigenvalue weighted by Gasteiger charge is -2.04. The average molecular weight is 283 g/mol. The largest absolute Gasteiger partial charge is 0.481 e. The van der Waals surface area contributed by atoms with Crippen LogP contribution in [0.25, 0.3) is 0 Å². The molecule has 4 nitrogen and oxygen atoms in total. The molecule has 0 aliphatic heterocycles. The van der Waals surface area contributed by atoms with Gasteiger partial charge in [0.2, 0.25) is 5.91 Å². The third kappa shape index (κ3) is 11.8. The standard InChI is InChI=1S/C16H29NO3/c1-2-3-4-5-6-7-8-9-10-11-12-14(16(17)20)13-15(18)19/h11-12,14H,2-10,13H2,1H3,(H2,17,20)(H,18,19).